The predicted octanol–water partition coefficient (Wildman–Crippen LogP) is 2.41. The van der Waals surface area contributed by atoms with E-state index in [1.807, 2.05) is 13.0 Å². The molecule has 1 unspecified atom stereocenters. The third-order valence-corrected chi connectivity index (χ3v) is 5.01. The van der Waals surface area contributed by atoms with E-state index in [0.717, 1.165) is 31.7 Å². The molecular weight excluding hydrogens is 298 g/mol. The molecule has 0 bridgehead atoms. The van der Waals surface area contributed by atoms with Gasteiger partial charge in [-0.1, -0.05) is 30.3 Å². The Morgan fingerprint density at radius 3 is 2.67 bits per heavy atom. The lowest BCUT2D eigenvalue weighted by molar-refractivity contribution is 0.0955. The van der Waals surface area contributed by atoms with E-state index in [2.05, 4.69) is 51.9 Å². The maximum Gasteiger partial charge on any atom is 0.251 e. The van der Waals surface area contributed by atoms with Crippen molar-refractivity contribution in [1.82, 2.24) is 15.5 Å². The summed E-state index contributed by atoms with van der Waals surface area (Å²) >= 11 is 0. The molecule has 0 aromatic heterocycles. The Kier molecular flexibility index (Phi) is 4.08. The first-order valence-corrected chi connectivity index (χ1v) is 8.76. The lowest BCUT2D eigenvalue weighted by Crippen LogP contribution is -2.45. The van der Waals surface area contributed by atoms with E-state index in [1.165, 1.54) is 22.3 Å². The summed E-state index contributed by atoms with van der Waals surface area (Å²) in [6.45, 7) is 6.70. The van der Waals surface area contributed by atoms with E-state index in [1.54, 1.807) is 0 Å². The molecule has 4 heteroatoms. The van der Waals surface area contributed by atoms with Crippen molar-refractivity contribution in [3.63, 3.8) is 0 Å². The highest BCUT2D eigenvalue weighted by molar-refractivity contribution is 5.95. The van der Waals surface area contributed by atoms with Crippen molar-refractivity contribution in [2.75, 3.05) is 32.7 Å². The quantitative estimate of drug-likeness (QED) is 0.912. The van der Waals surface area contributed by atoms with Gasteiger partial charge in [-0.3, -0.25) is 9.69 Å². The van der Waals surface area contributed by atoms with Crippen LogP contribution in [0.1, 0.15) is 34.5 Å². The summed E-state index contributed by atoms with van der Waals surface area (Å²) in [5.41, 5.74) is 5.95. The predicted molar refractivity (Wildman–Crippen MR) is 96.2 cm³/mol. The molecule has 0 spiro atoms. The van der Waals surface area contributed by atoms with E-state index >= 15 is 0 Å². The number of carbonyl (C=O) groups is 1. The standard InChI is InChI=1S/C20H23N3O/c1-2-22-20(24)14-7-8-16-15-5-3-4-6-17(15)19(18(16)13-14)23-11-9-21-10-12-23/h3-8,13,19,21H,2,9-12H2,1H3,(H,22,24). The van der Waals surface area contributed by atoms with Crippen molar-refractivity contribution < 1.29 is 4.79 Å². The summed E-state index contributed by atoms with van der Waals surface area (Å²) in [6.07, 6.45) is 0. The number of fused-ring (bicyclic) bond motifs is 3. The molecule has 1 aliphatic heterocycles. The fourth-order valence-corrected chi connectivity index (χ4v) is 3.92. The molecule has 24 heavy (non-hydrogen) atoms. The van der Waals surface area contributed by atoms with Gasteiger partial charge in [-0.2, -0.15) is 0 Å². The lowest BCUT2D eigenvalue weighted by Gasteiger charge is -2.34. The van der Waals surface area contributed by atoms with Gasteiger partial charge in [0.15, 0.2) is 0 Å². The number of benzene rings is 2. The van der Waals surface area contributed by atoms with Crippen molar-refractivity contribution in [2.45, 2.75) is 13.0 Å². The summed E-state index contributed by atoms with van der Waals surface area (Å²) in [7, 11) is 0. The summed E-state index contributed by atoms with van der Waals surface area (Å²) in [5, 5.41) is 6.33. The van der Waals surface area contributed by atoms with Crippen LogP contribution in [0.15, 0.2) is 42.5 Å². The molecule has 2 N–H and O–H groups in total. The first-order valence-electron chi connectivity index (χ1n) is 8.76. The molecule has 2 aliphatic rings. The van der Waals surface area contributed by atoms with Crippen LogP contribution in [-0.4, -0.2) is 43.5 Å². The van der Waals surface area contributed by atoms with Crippen LogP contribution in [0.2, 0.25) is 0 Å². The van der Waals surface area contributed by atoms with Crippen molar-refractivity contribution in [1.29, 1.82) is 0 Å². The summed E-state index contributed by atoms with van der Waals surface area (Å²) in [5.74, 6) is 0.00955. The Balaban J connectivity index is 1.79. The van der Waals surface area contributed by atoms with Crippen LogP contribution in [0.4, 0.5) is 0 Å². The first kappa shape index (κ1) is 15.4. The Morgan fingerprint density at radius 1 is 1.12 bits per heavy atom. The van der Waals surface area contributed by atoms with Gasteiger partial charge in [-0.05, 0) is 41.3 Å². The van der Waals surface area contributed by atoms with Crippen molar-refractivity contribution >= 4 is 5.91 Å². The van der Waals surface area contributed by atoms with Crippen LogP contribution in [0, 0.1) is 0 Å². The highest BCUT2D eigenvalue weighted by atomic mass is 16.1. The van der Waals surface area contributed by atoms with Crippen LogP contribution in [0.3, 0.4) is 0 Å². The maximum absolute atomic E-state index is 12.3. The zero-order valence-electron chi connectivity index (χ0n) is 14.0. The van der Waals surface area contributed by atoms with Gasteiger partial charge in [-0.15, -0.1) is 0 Å². The van der Waals surface area contributed by atoms with Gasteiger partial charge in [0, 0.05) is 38.3 Å². The van der Waals surface area contributed by atoms with E-state index in [4.69, 9.17) is 0 Å². The van der Waals surface area contributed by atoms with Gasteiger partial charge in [0.1, 0.15) is 0 Å². The van der Waals surface area contributed by atoms with E-state index < -0.39 is 0 Å². The normalized spacial score (nSPS) is 19.6. The lowest BCUT2D eigenvalue weighted by atomic mass is 10.00. The molecule has 0 radical (unpaired) electrons. The molecule has 1 heterocycles. The van der Waals surface area contributed by atoms with Crippen molar-refractivity contribution in [3.05, 3.63) is 59.2 Å². The molecule has 1 fully saturated rings. The van der Waals surface area contributed by atoms with Crippen molar-refractivity contribution in [2.24, 2.45) is 0 Å². The zero-order chi connectivity index (χ0) is 16.5. The van der Waals surface area contributed by atoms with Gasteiger partial charge in [-0.25, -0.2) is 0 Å². The molecule has 4 nitrogen and oxygen atoms in total. The molecule has 1 amide bonds. The Hall–Kier alpha value is -2.17. The van der Waals surface area contributed by atoms with Gasteiger partial charge in [0.25, 0.3) is 5.91 Å². The molecule has 0 saturated carbocycles. The Labute approximate surface area is 142 Å². The molecular formula is C20H23N3O. The molecule has 1 aliphatic carbocycles. The minimum atomic E-state index is 0.00955. The average Bonchev–Trinajstić information content (AvgIpc) is 2.96. The van der Waals surface area contributed by atoms with E-state index in [9.17, 15) is 4.79 Å². The minimum absolute atomic E-state index is 0.00955. The average molecular weight is 321 g/mol. The SMILES string of the molecule is CCNC(=O)c1ccc2c(c1)C(N1CCNCC1)c1ccccc1-2. The third-order valence-electron chi connectivity index (χ3n) is 5.01. The second kappa shape index (κ2) is 6.38. The molecule has 1 saturated heterocycles. The van der Waals surface area contributed by atoms with E-state index in [-0.39, 0.29) is 11.9 Å². The van der Waals surface area contributed by atoms with Crippen LogP contribution < -0.4 is 10.6 Å². The fraction of sp³-hybridized carbons (Fsp3) is 0.350. The van der Waals surface area contributed by atoms with Gasteiger partial charge >= 0.3 is 0 Å². The molecule has 2 aromatic carbocycles. The number of piperazine rings is 1. The number of hydrogen-bond acceptors (Lipinski definition) is 3. The summed E-state index contributed by atoms with van der Waals surface area (Å²) < 4.78 is 0. The van der Waals surface area contributed by atoms with Crippen LogP contribution in [0.25, 0.3) is 11.1 Å². The van der Waals surface area contributed by atoms with Gasteiger partial charge in [0.05, 0.1) is 6.04 Å². The second-order valence-electron chi connectivity index (χ2n) is 6.44. The van der Waals surface area contributed by atoms with Crippen molar-refractivity contribution in [3.8, 4) is 11.1 Å². The monoisotopic (exact) mass is 321 g/mol. The zero-order valence-corrected chi connectivity index (χ0v) is 14.0. The first-order chi connectivity index (χ1) is 11.8. The number of hydrogen-bond donors (Lipinski definition) is 2. The van der Waals surface area contributed by atoms with E-state index in [0.29, 0.717) is 6.54 Å². The molecule has 1 atom stereocenters. The largest absolute Gasteiger partial charge is 0.352 e. The number of amides is 1. The number of nitrogens with one attached hydrogen (secondary N) is 2. The Bertz CT molecular complexity index is 765. The van der Waals surface area contributed by atoms with Crippen LogP contribution in [-0.2, 0) is 0 Å². The van der Waals surface area contributed by atoms with Crippen LogP contribution >= 0.6 is 0 Å². The minimum Gasteiger partial charge on any atom is -0.352 e. The van der Waals surface area contributed by atoms with Gasteiger partial charge in [0.2, 0.25) is 0 Å². The summed E-state index contributed by atoms with van der Waals surface area (Å²) in [4.78, 5) is 14.8. The summed E-state index contributed by atoms with van der Waals surface area (Å²) in [6, 6.07) is 15.0. The topological polar surface area (TPSA) is 44.4 Å². The fourth-order valence-electron chi connectivity index (χ4n) is 3.92. The number of nitrogens with zero attached hydrogens (tertiary/aromatic N) is 1. The highest BCUT2D eigenvalue weighted by Gasteiger charge is 2.33. The molecule has 124 valence electrons. The smallest absolute Gasteiger partial charge is 0.251 e. The third kappa shape index (κ3) is 2.52. The Morgan fingerprint density at radius 2 is 1.88 bits per heavy atom. The maximum atomic E-state index is 12.3. The molecule has 2 aromatic rings. The van der Waals surface area contributed by atoms with Crippen LogP contribution in [0.5, 0.6) is 0 Å². The second-order valence-corrected chi connectivity index (χ2v) is 6.44. The highest BCUT2D eigenvalue weighted by Crippen LogP contribution is 2.46. The number of rotatable bonds is 3. The number of carbonyl (C=O) groups excluding carboxylic acids is 1. The van der Waals surface area contributed by atoms with Gasteiger partial charge < -0.3 is 10.6 Å². The molecule has 4 rings (SSSR count).